The molecule has 0 fully saturated rings. The maximum atomic E-state index is 12.2. The number of hydrogen-bond acceptors (Lipinski definition) is 4. The number of phenols is 2. The van der Waals surface area contributed by atoms with Crippen LogP contribution in [0.3, 0.4) is 0 Å². The van der Waals surface area contributed by atoms with E-state index in [0.717, 1.165) is 5.56 Å². The zero-order chi connectivity index (χ0) is 17.9. The third kappa shape index (κ3) is 3.96. The highest BCUT2D eigenvalue weighted by Crippen LogP contribution is 2.36. The van der Waals surface area contributed by atoms with Crippen LogP contribution in [-0.4, -0.2) is 23.1 Å². The summed E-state index contributed by atoms with van der Waals surface area (Å²) in [5, 5.41) is 19.4. The Bertz CT molecular complexity index is 765. The lowest BCUT2D eigenvalue weighted by atomic mass is 9.85. The molecule has 2 rings (SSSR count). The Labute approximate surface area is 142 Å². The summed E-state index contributed by atoms with van der Waals surface area (Å²) in [5.41, 5.74) is 1.74. The summed E-state index contributed by atoms with van der Waals surface area (Å²) in [7, 11) is 1.52. The van der Waals surface area contributed by atoms with E-state index in [1.807, 2.05) is 26.8 Å². The van der Waals surface area contributed by atoms with Crippen LogP contribution in [0.5, 0.6) is 17.2 Å². The Morgan fingerprint density at radius 3 is 2.25 bits per heavy atom. The number of ketones is 1. The molecule has 0 aliphatic rings. The van der Waals surface area contributed by atoms with Gasteiger partial charge in [0.2, 0.25) is 0 Å². The molecular weight excluding hydrogens is 304 g/mol. The maximum Gasteiger partial charge on any atom is 0.185 e. The number of phenolic OH excluding ortho intramolecular Hbond substituents is 2. The molecule has 0 aliphatic carbocycles. The minimum atomic E-state index is -0.236. The summed E-state index contributed by atoms with van der Waals surface area (Å²) in [6.45, 7) is 6.01. The molecule has 2 N–H and O–H groups in total. The molecule has 4 heteroatoms. The van der Waals surface area contributed by atoms with E-state index < -0.39 is 0 Å². The molecule has 4 nitrogen and oxygen atoms in total. The highest BCUT2D eigenvalue weighted by molar-refractivity contribution is 6.07. The molecule has 0 amide bonds. The van der Waals surface area contributed by atoms with Crippen molar-refractivity contribution >= 4 is 11.9 Å². The van der Waals surface area contributed by atoms with Crippen molar-refractivity contribution in [3.05, 3.63) is 59.2 Å². The van der Waals surface area contributed by atoms with Gasteiger partial charge in [0.15, 0.2) is 5.78 Å². The predicted molar refractivity (Wildman–Crippen MR) is 94.8 cm³/mol. The van der Waals surface area contributed by atoms with Gasteiger partial charge in [-0.2, -0.15) is 0 Å². The van der Waals surface area contributed by atoms with E-state index >= 15 is 0 Å². The van der Waals surface area contributed by atoms with Crippen LogP contribution in [-0.2, 0) is 5.41 Å². The number of rotatable bonds is 4. The maximum absolute atomic E-state index is 12.2. The Morgan fingerprint density at radius 1 is 1.08 bits per heavy atom. The third-order valence-electron chi connectivity index (χ3n) is 3.72. The van der Waals surface area contributed by atoms with Gasteiger partial charge in [-0.3, -0.25) is 4.79 Å². The molecular formula is C20H22O4. The number of carbonyl (C=O) groups is 1. The van der Waals surface area contributed by atoms with Crippen LogP contribution in [0.1, 0.15) is 42.3 Å². The molecule has 0 aromatic heterocycles. The van der Waals surface area contributed by atoms with E-state index in [2.05, 4.69) is 0 Å². The standard InChI is InChI=1S/C20H22O4/c1-20(2,3)16-11-14(19(24-4)12-18(16)23)7-10-17(22)13-5-8-15(21)9-6-13/h5-12,21,23H,1-4H3/b10-7+. The molecule has 0 spiro atoms. The molecule has 0 saturated carbocycles. The van der Waals surface area contributed by atoms with Crippen LogP contribution in [0.15, 0.2) is 42.5 Å². The topological polar surface area (TPSA) is 66.8 Å². The van der Waals surface area contributed by atoms with Crippen molar-refractivity contribution < 1.29 is 19.7 Å². The second kappa shape index (κ2) is 6.79. The number of hydrogen-bond donors (Lipinski definition) is 2. The Hall–Kier alpha value is -2.75. The first-order chi connectivity index (χ1) is 11.2. The Balaban J connectivity index is 2.37. The highest BCUT2D eigenvalue weighted by atomic mass is 16.5. The van der Waals surface area contributed by atoms with Crippen LogP contribution in [0.4, 0.5) is 0 Å². The van der Waals surface area contributed by atoms with E-state index in [1.54, 1.807) is 24.3 Å². The fourth-order valence-corrected chi connectivity index (χ4v) is 2.38. The van der Waals surface area contributed by atoms with Gasteiger partial charge in [-0.25, -0.2) is 0 Å². The third-order valence-corrected chi connectivity index (χ3v) is 3.72. The summed E-state index contributed by atoms with van der Waals surface area (Å²) in [5.74, 6) is 0.601. The molecule has 2 aromatic carbocycles. The minimum absolute atomic E-state index is 0.116. The van der Waals surface area contributed by atoms with Crippen LogP contribution < -0.4 is 4.74 Å². The monoisotopic (exact) mass is 326 g/mol. The fourth-order valence-electron chi connectivity index (χ4n) is 2.38. The molecule has 0 radical (unpaired) electrons. The summed E-state index contributed by atoms with van der Waals surface area (Å²) in [4.78, 5) is 12.2. The van der Waals surface area contributed by atoms with E-state index in [-0.39, 0.29) is 22.7 Å². The smallest absolute Gasteiger partial charge is 0.185 e. The number of carbonyl (C=O) groups excluding carboxylic acids is 1. The van der Waals surface area contributed by atoms with Crippen LogP contribution in [0.2, 0.25) is 0 Å². The van der Waals surface area contributed by atoms with Gasteiger partial charge in [-0.15, -0.1) is 0 Å². The Kier molecular flexibility index (Phi) is 4.98. The summed E-state index contributed by atoms with van der Waals surface area (Å²) in [6, 6.07) is 9.47. The highest BCUT2D eigenvalue weighted by Gasteiger charge is 2.20. The largest absolute Gasteiger partial charge is 0.508 e. The first kappa shape index (κ1) is 17.6. The summed E-state index contributed by atoms with van der Waals surface area (Å²) < 4.78 is 5.29. The number of allylic oxidation sites excluding steroid dienone is 1. The van der Waals surface area contributed by atoms with Crippen molar-refractivity contribution in [2.24, 2.45) is 0 Å². The van der Waals surface area contributed by atoms with E-state index in [1.165, 1.54) is 25.3 Å². The summed E-state index contributed by atoms with van der Waals surface area (Å²) in [6.07, 6.45) is 3.12. The summed E-state index contributed by atoms with van der Waals surface area (Å²) >= 11 is 0. The molecule has 0 saturated heterocycles. The van der Waals surface area contributed by atoms with Gasteiger partial charge in [0.25, 0.3) is 0 Å². The average molecular weight is 326 g/mol. The van der Waals surface area contributed by atoms with Crippen molar-refractivity contribution in [3.63, 3.8) is 0 Å². The fraction of sp³-hybridized carbons (Fsp3) is 0.250. The zero-order valence-electron chi connectivity index (χ0n) is 14.3. The first-order valence-corrected chi connectivity index (χ1v) is 7.65. The second-order valence-corrected chi connectivity index (χ2v) is 6.61. The molecule has 0 unspecified atom stereocenters. The first-order valence-electron chi connectivity index (χ1n) is 7.65. The van der Waals surface area contributed by atoms with Gasteiger partial charge >= 0.3 is 0 Å². The number of aromatic hydroxyl groups is 2. The van der Waals surface area contributed by atoms with Crippen molar-refractivity contribution in [1.82, 2.24) is 0 Å². The van der Waals surface area contributed by atoms with Crippen LogP contribution in [0.25, 0.3) is 6.08 Å². The lowest BCUT2D eigenvalue weighted by Crippen LogP contribution is -2.11. The van der Waals surface area contributed by atoms with Crippen molar-refractivity contribution in [3.8, 4) is 17.2 Å². The van der Waals surface area contributed by atoms with E-state index in [4.69, 9.17) is 4.74 Å². The number of methoxy groups -OCH3 is 1. The molecule has 0 heterocycles. The lowest BCUT2D eigenvalue weighted by molar-refractivity contribution is 0.104. The quantitative estimate of drug-likeness (QED) is 0.649. The molecule has 0 aliphatic heterocycles. The SMILES string of the molecule is COc1cc(O)c(C(C)(C)C)cc1/C=C/C(=O)c1ccc(O)cc1. The molecule has 0 atom stereocenters. The molecule has 126 valence electrons. The Morgan fingerprint density at radius 2 is 1.71 bits per heavy atom. The van der Waals surface area contributed by atoms with E-state index in [0.29, 0.717) is 16.9 Å². The van der Waals surface area contributed by atoms with Gasteiger partial charge in [-0.1, -0.05) is 20.8 Å². The predicted octanol–water partition coefficient (Wildman–Crippen LogP) is 4.30. The minimum Gasteiger partial charge on any atom is -0.508 e. The zero-order valence-corrected chi connectivity index (χ0v) is 14.3. The molecule has 0 bridgehead atoms. The van der Waals surface area contributed by atoms with Gasteiger partial charge in [0, 0.05) is 22.8 Å². The van der Waals surface area contributed by atoms with Gasteiger partial charge in [0.05, 0.1) is 7.11 Å². The van der Waals surface area contributed by atoms with Gasteiger partial charge in [-0.05, 0) is 47.9 Å². The number of ether oxygens (including phenoxy) is 1. The van der Waals surface area contributed by atoms with Crippen molar-refractivity contribution in [2.45, 2.75) is 26.2 Å². The van der Waals surface area contributed by atoms with Crippen molar-refractivity contribution in [1.29, 1.82) is 0 Å². The van der Waals surface area contributed by atoms with Gasteiger partial charge < -0.3 is 14.9 Å². The normalized spacial score (nSPS) is 11.7. The molecule has 2 aromatic rings. The number of benzene rings is 2. The van der Waals surface area contributed by atoms with Crippen LogP contribution >= 0.6 is 0 Å². The lowest BCUT2D eigenvalue weighted by Gasteiger charge is -2.22. The van der Waals surface area contributed by atoms with Gasteiger partial charge in [0.1, 0.15) is 17.2 Å². The second-order valence-electron chi connectivity index (χ2n) is 6.61. The van der Waals surface area contributed by atoms with E-state index in [9.17, 15) is 15.0 Å². The average Bonchev–Trinajstić information content (AvgIpc) is 2.52. The van der Waals surface area contributed by atoms with Crippen LogP contribution in [0, 0.1) is 0 Å². The van der Waals surface area contributed by atoms with Crippen molar-refractivity contribution in [2.75, 3.05) is 7.11 Å². The molecule has 24 heavy (non-hydrogen) atoms.